The molecule has 8 heteroatoms. The summed E-state index contributed by atoms with van der Waals surface area (Å²) in [6, 6.07) is 13.3. The highest BCUT2D eigenvalue weighted by molar-refractivity contribution is 6.35. The third kappa shape index (κ3) is 6.55. The van der Waals surface area contributed by atoms with Crippen molar-refractivity contribution < 1.29 is 0 Å². The highest BCUT2D eigenvalue weighted by Gasteiger charge is 2.45. The number of allylic oxidation sites excluding steroid dienone is 1. The lowest BCUT2D eigenvalue weighted by molar-refractivity contribution is 0.133. The molecule has 2 aromatic carbocycles. The van der Waals surface area contributed by atoms with Gasteiger partial charge in [-0.3, -0.25) is 0 Å². The monoisotopic (exact) mass is 573 g/mol. The Kier molecular flexibility index (Phi) is 8.52. The summed E-state index contributed by atoms with van der Waals surface area (Å²) in [5.41, 5.74) is 1.53. The van der Waals surface area contributed by atoms with E-state index in [1.165, 1.54) is 0 Å². The van der Waals surface area contributed by atoms with Crippen molar-refractivity contribution in [3.63, 3.8) is 0 Å². The molecule has 1 aliphatic carbocycles. The predicted octanol–water partition coefficient (Wildman–Crippen LogP) is 9.48. The second-order valence-corrected chi connectivity index (χ2v) is 13.9. The van der Waals surface area contributed by atoms with Gasteiger partial charge in [-0.05, 0) is 88.8 Å². The molecule has 5 nitrogen and oxygen atoms in total. The fourth-order valence-electron chi connectivity index (χ4n) is 5.49. The molecule has 0 saturated heterocycles. The Labute approximate surface area is 241 Å². The Bertz CT molecular complexity index is 1280. The van der Waals surface area contributed by atoms with Crippen molar-refractivity contribution in [1.29, 1.82) is 0 Å². The number of anilines is 1. The molecule has 1 atom stereocenters. The summed E-state index contributed by atoms with van der Waals surface area (Å²) >= 11 is 19.0. The number of hydrogen-bond acceptors (Lipinski definition) is 4. The standard InChI is InChI=1S/C30H38Cl3N5/c1-28(2,3)21-14-16-30(17-15-21,34-24-9-7-8-22(31)18-24)27-35-36-37-38(27)26(29(4,5)6)13-11-20-10-12-23(32)19-25(20)33/h7-13,18-19,21,26,34H,14-17H2,1-6H3/b13-11+/t21?,26-,30?/m1/s1. The summed E-state index contributed by atoms with van der Waals surface area (Å²) in [6.07, 6.45) is 8.19. The molecular weight excluding hydrogens is 537 g/mol. The molecule has 38 heavy (non-hydrogen) atoms. The van der Waals surface area contributed by atoms with E-state index in [1.807, 2.05) is 41.1 Å². The van der Waals surface area contributed by atoms with Crippen LogP contribution in [0.2, 0.25) is 15.1 Å². The number of benzene rings is 2. The Morgan fingerprint density at radius 2 is 1.66 bits per heavy atom. The Hall–Kier alpha value is -2.08. The first-order chi connectivity index (χ1) is 17.8. The average molecular weight is 575 g/mol. The van der Waals surface area contributed by atoms with Crippen LogP contribution in [0.1, 0.15) is 84.7 Å². The van der Waals surface area contributed by atoms with Gasteiger partial charge in [0.1, 0.15) is 0 Å². The second kappa shape index (κ2) is 11.2. The molecular formula is C30H38Cl3N5. The summed E-state index contributed by atoms with van der Waals surface area (Å²) < 4.78 is 2.00. The zero-order chi connectivity index (χ0) is 27.7. The average Bonchev–Trinajstić information content (AvgIpc) is 3.29. The van der Waals surface area contributed by atoms with Crippen molar-refractivity contribution in [1.82, 2.24) is 20.2 Å². The van der Waals surface area contributed by atoms with Crippen LogP contribution in [0.4, 0.5) is 5.69 Å². The third-order valence-corrected chi connectivity index (χ3v) is 8.56. The summed E-state index contributed by atoms with van der Waals surface area (Å²) in [4.78, 5) is 0. The highest BCUT2D eigenvalue weighted by Crippen LogP contribution is 2.47. The molecule has 3 aromatic rings. The molecule has 4 rings (SSSR count). The minimum atomic E-state index is -0.425. The van der Waals surface area contributed by atoms with Gasteiger partial charge >= 0.3 is 0 Å². The van der Waals surface area contributed by atoms with Crippen LogP contribution in [-0.4, -0.2) is 20.2 Å². The Morgan fingerprint density at radius 1 is 0.974 bits per heavy atom. The van der Waals surface area contributed by atoms with E-state index in [4.69, 9.17) is 34.8 Å². The summed E-state index contributed by atoms with van der Waals surface area (Å²) in [5.74, 6) is 1.48. The van der Waals surface area contributed by atoms with Crippen LogP contribution >= 0.6 is 34.8 Å². The molecule has 0 spiro atoms. The van der Waals surface area contributed by atoms with Crippen molar-refractivity contribution in [2.24, 2.45) is 16.7 Å². The van der Waals surface area contributed by atoms with Crippen molar-refractivity contribution in [2.75, 3.05) is 5.32 Å². The molecule has 0 amide bonds. The van der Waals surface area contributed by atoms with E-state index in [9.17, 15) is 0 Å². The van der Waals surface area contributed by atoms with E-state index in [2.05, 4.69) is 74.5 Å². The first-order valence-corrected chi connectivity index (χ1v) is 14.4. The van der Waals surface area contributed by atoms with Gasteiger partial charge in [-0.25, -0.2) is 4.68 Å². The number of nitrogens with zero attached hydrogens (tertiary/aromatic N) is 4. The molecule has 1 aromatic heterocycles. The van der Waals surface area contributed by atoms with E-state index in [-0.39, 0.29) is 16.9 Å². The SMILES string of the molecule is CC(C)(C)C1CCC(Nc2cccc(Cl)c2)(c2nnnn2[C@H](/C=C/c2ccc(Cl)cc2Cl)C(C)(C)C)CC1. The number of hydrogen-bond donors (Lipinski definition) is 1. The summed E-state index contributed by atoms with van der Waals surface area (Å²) in [7, 11) is 0. The molecule has 1 aliphatic rings. The van der Waals surface area contributed by atoms with Gasteiger partial charge in [0, 0.05) is 20.8 Å². The quantitative estimate of drug-likeness (QED) is 0.318. The topological polar surface area (TPSA) is 55.6 Å². The first kappa shape index (κ1) is 28.9. The van der Waals surface area contributed by atoms with Crippen LogP contribution in [-0.2, 0) is 5.54 Å². The summed E-state index contributed by atoms with van der Waals surface area (Å²) in [5, 5.41) is 19.2. The number of rotatable bonds is 6. The Balaban J connectivity index is 1.76. The smallest absolute Gasteiger partial charge is 0.177 e. The third-order valence-electron chi connectivity index (χ3n) is 7.76. The lowest BCUT2D eigenvalue weighted by atomic mass is 9.67. The first-order valence-electron chi connectivity index (χ1n) is 13.2. The van der Waals surface area contributed by atoms with Crippen LogP contribution in [0.5, 0.6) is 0 Å². The van der Waals surface area contributed by atoms with Crippen LogP contribution in [0.3, 0.4) is 0 Å². The molecule has 0 bridgehead atoms. The fourth-order valence-corrected chi connectivity index (χ4v) is 6.15. The molecule has 0 unspecified atom stereocenters. The molecule has 0 aliphatic heterocycles. The van der Waals surface area contributed by atoms with Gasteiger partial charge in [0.15, 0.2) is 5.82 Å². The van der Waals surface area contributed by atoms with E-state index in [0.29, 0.717) is 21.0 Å². The molecule has 1 fully saturated rings. The van der Waals surface area contributed by atoms with Crippen molar-refractivity contribution >= 4 is 46.6 Å². The van der Waals surface area contributed by atoms with Gasteiger partial charge in [0.2, 0.25) is 0 Å². The second-order valence-electron chi connectivity index (χ2n) is 12.6. The molecule has 1 N–H and O–H groups in total. The van der Waals surface area contributed by atoms with Gasteiger partial charge in [-0.1, -0.05) is 101 Å². The lowest BCUT2D eigenvalue weighted by Crippen LogP contribution is -2.44. The maximum Gasteiger partial charge on any atom is 0.177 e. The largest absolute Gasteiger partial charge is 0.373 e. The Morgan fingerprint density at radius 3 is 2.26 bits per heavy atom. The zero-order valence-corrected chi connectivity index (χ0v) is 25.4. The van der Waals surface area contributed by atoms with Crippen LogP contribution in [0, 0.1) is 16.7 Å². The summed E-state index contributed by atoms with van der Waals surface area (Å²) in [6.45, 7) is 13.6. The van der Waals surface area contributed by atoms with Gasteiger partial charge < -0.3 is 5.32 Å². The van der Waals surface area contributed by atoms with Crippen molar-refractivity contribution in [3.05, 3.63) is 75.0 Å². The minimum Gasteiger partial charge on any atom is -0.373 e. The van der Waals surface area contributed by atoms with E-state index in [0.717, 1.165) is 42.8 Å². The van der Waals surface area contributed by atoms with Crippen LogP contribution < -0.4 is 5.32 Å². The van der Waals surface area contributed by atoms with E-state index in [1.54, 1.807) is 6.07 Å². The van der Waals surface area contributed by atoms with Crippen LogP contribution in [0.15, 0.2) is 48.5 Å². The lowest BCUT2D eigenvalue weighted by Gasteiger charge is -2.45. The molecule has 0 radical (unpaired) electrons. The number of nitrogens with one attached hydrogen (secondary N) is 1. The van der Waals surface area contributed by atoms with Crippen LogP contribution in [0.25, 0.3) is 6.08 Å². The number of tetrazole rings is 1. The maximum atomic E-state index is 6.48. The van der Waals surface area contributed by atoms with Gasteiger partial charge in [-0.15, -0.1) is 5.10 Å². The van der Waals surface area contributed by atoms with E-state index >= 15 is 0 Å². The number of halogens is 3. The molecule has 1 heterocycles. The predicted molar refractivity (Wildman–Crippen MR) is 160 cm³/mol. The van der Waals surface area contributed by atoms with Gasteiger partial charge in [0.25, 0.3) is 0 Å². The van der Waals surface area contributed by atoms with Gasteiger partial charge in [0.05, 0.1) is 11.6 Å². The molecule has 204 valence electrons. The van der Waals surface area contributed by atoms with E-state index < -0.39 is 5.54 Å². The maximum absolute atomic E-state index is 6.48. The van der Waals surface area contributed by atoms with Gasteiger partial charge in [-0.2, -0.15) is 0 Å². The zero-order valence-electron chi connectivity index (χ0n) is 23.1. The molecule has 1 saturated carbocycles. The highest BCUT2D eigenvalue weighted by atomic mass is 35.5. The van der Waals surface area contributed by atoms with Crippen molar-refractivity contribution in [2.45, 2.75) is 78.8 Å². The minimum absolute atomic E-state index is 0.113. The number of aromatic nitrogens is 4. The van der Waals surface area contributed by atoms with Crippen molar-refractivity contribution in [3.8, 4) is 0 Å². The fraction of sp³-hybridized carbons (Fsp3) is 0.500. The normalized spacial score (nSPS) is 21.6.